The Labute approximate surface area is 120 Å². The second-order valence-corrected chi connectivity index (χ2v) is 5.75. The number of hydrogen-bond acceptors (Lipinski definition) is 4. The molecule has 6 nitrogen and oxygen atoms in total. The Hall–Kier alpha value is -2.15. The summed E-state index contributed by atoms with van der Waals surface area (Å²) in [6, 6.07) is 5.18. The number of thiophene rings is 1. The molecule has 3 N–H and O–H groups in total. The van der Waals surface area contributed by atoms with Gasteiger partial charge in [-0.05, 0) is 18.1 Å². The molecule has 7 heteroatoms. The zero-order valence-electron chi connectivity index (χ0n) is 11.5. The van der Waals surface area contributed by atoms with Crippen LogP contribution in [0.2, 0.25) is 0 Å². The van der Waals surface area contributed by atoms with Crippen LogP contribution in [0.15, 0.2) is 18.2 Å². The van der Waals surface area contributed by atoms with E-state index in [4.69, 9.17) is 0 Å². The van der Waals surface area contributed by atoms with E-state index in [1.54, 1.807) is 12.1 Å². The molecule has 0 aliphatic heterocycles. The highest BCUT2D eigenvalue weighted by molar-refractivity contribution is 7.18. The molecular weight excluding hydrogens is 276 g/mol. The number of nitrogens with zero attached hydrogens (tertiary/aromatic N) is 1. The molecule has 2 amide bonds. The molecule has 2 rings (SSSR count). The lowest BCUT2D eigenvalue weighted by Gasteiger charge is -1.99. The van der Waals surface area contributed by atoms with Crippen LogP contribution in [-0.4, -0.2) is 22.0 Å². The smallest absolute Gasteiger partial charge is 0.267 e. The third kappa shape index (κ3) is 3.45. The van der Waals surface area contributed by atoms with Gasteiger partial charge in [0.25, 0.3) is 5.91 Å². The second-order valence-electron chi connectivity index (χ2n) is 4.66. The number of amides is 2. The molecule has 0 aromatic carbocycles. The summed E-state index contributed by atoms with van der Waals surface area (Å²) in [6.45, 7) is 5.51. The summed E-state index contributed by atoms with van der Waals surface area (Å²) in [5, 5.41) is 12.9. The van der Waals surface area contributed by atoms with Crippen molar-refractivity contribution in [3.63, 3.8) is 0 Å². The summed E-state index contributed by atoms with van der Waals surface area (Å²) < 4.78 is 0. The highest BCUT2D eigenvalue weighted by Crippen LogP contribution is 2.23. The summed E-state index contributed by atoms with van der Waals surface area (Å²) in [5.41, 5.74) is 0.963. The topological polar surface area (TPSA) is 86.9 Å². The molecule has 2 aromatic rings. The predicted octanol–water partition coefficient (Wildman–Crippen LogP) is 2.81. The van der Waals surface area contributed by atoms with E-state index in [0.717, 1.165) is 5.69 Å². The minimum Gasteiger partial charge on any atom is -0.318 e. The van der Waals surface area contributed by atoms with E-state index in [-0.39, 0.29) is 11.8 Å². The molecular formula is C13H16N4O2S. The van der Waals surface area contributed by atoms with E-state index >= 15 is 0 Å². The van der Waals surface area contributed by atoms with Gasteiger partial charge in [-0.2, -0.15) is 5.10 Å². The van der Waals surface area contributed by atoms with Crippen LogP contribution < -0.4 is 10.6 Å². The summed E-state index contributed by atoms with van der Waals surface area (Å²) in [4.78, 5) is 23.5. The fourth-order valence-electron chi connectivity index (χ4n) is 1.57. The van der Waals surface area contributed by atoms with E-state index < -0.39 is 0 Å². The zero-order valence-corrected chi connectivity index (χ0v) is 12.3. The summed E-state index contributed by atoms with van der Waals surface area (Å²) in [5.74, 6) is 0.413. The lowest BCUT2D eigenvalue weighted by Crippen LogP contribution is -2.10. The molecule has 0 aliphatic carbocycles. The van der Waals surface area contributed by atoms with Crippen LogP contribution >= 0.6 is 11.3 Å². The fourth-order valence-corrected chi connectivity index (χ4v) is 2.42. The molecule has 0 fully saturated rings. The molecule has 0 spiro atoms. The maximum atomic E-state index is 12.0. The van der Waals surface area contributed by atoms with E-state index in [1.165, 1.54) is 18.3 Å². The van der Waals surface area contributed by atoms with Crippen molar-refractivity contribution in [2.75, 3.05) is 10.6 Å². The monoisotopic (exact) mass is 292 g/mol. The summed E-state index contributed by atoms with van der Waals surface area (Å²) in [7, 11) is 0. The Bertz CT molecular complexity index is 630. The summed E-state index contributed by atoms with van der Waals surface area (Å²) >= 11 is 1.22. The highest BCUT2D eigenvalue weighted by Gasteiger charge is 2.12. The first-order valence-electron chi connectivity index (χ1n) is 6.20. The number of carbonyl (C=O) groups is 2. The van der Waals surface area contributed by atoms with Crippen molar-refractivity contribution < 1.29 is 9.59 Å². The third-order valence-electron chi connectivity index (χ3n) is 2.59. The van der Waals surface area contributed by atoms with Crippen molar-refractivity contribution in [2.45, 2.75) is 26.7 Å². The fraction of sp³-hybridized carbons (Fsp3) is 0.308. The first-order chi connectivity index (χ1) is 9.45. The average Bonchev–Trinajstić information content (AvgIpc) is 2.97. The van der Waals surface area contributed by atoms with Gasteiger partial charge >= 0.3 is 0 Å². The maximum absolute atomic E-state index is 12.0. The van der Waals surface area contributed by atoms with Gasteiger partial charge < -0.3 is 10.6 Å². The number of aromatic nitrogens is 2. The molecule has 0 radical (unpaired) electrons. The Morgan fingerprint density at radius 2 is 2.05 bits per heavy atom. The van der Waals surface area contributed by atoms with Crippen molar-refractivity contribution in [3.05, 3.63) is 28.8 Å². The number of anilines is 2. The van der Waals surface area contributed by atoms with Crippen LogP contribution in [0.4, 0.5) is 10.8 Å². The molecule has 0 saturated heterocycles. The van der Waals surface area contributed by atoms with Gasteiger partial charge in [-0.25, -0.2) is 0 Å². The molecule has 0 atom stereocenters. The molecule has 106 valence electrons. The van der Waals surface area contributed by atoms with Crippen molar-refractivity contribution in [3.8, 4) is 0 Å². The van der Waals surface area contributed by atoms with Crippen molar-refractivity contribution >= 4 is 34.0 Å². The first kappa shape index (κ1) is 14.3. The Morgan fingerprint density at radius 1 is 1.30 bits per heavy atom. The van der Waals surface area contributed by atoms with Crippen LogP contribution in [0.5, 0.6) is 0 Å². The second kappa shape index (κ2) is 5.87. The van der Waals surface area contributed by atoms with E-state index in [0.29, 0.717) is 21.6 Å². The quantitative estimate of drug-likeness (QED) is 0.809. The summed E-state index contributed by atoms with van der Waals surface area (Å²) in [6.07, 6.45) is 0. The zero-order chi connectivity index (χ0) is 14.7. The van der Waals surface area contributed by atoms with Gasteiger partial charge in [0, 0.05) is 18.7 Å². The number of nitrogens with one attached hydrogen (secondary N) is 3. The molecule has 2 aromatic heterocycles. The number of hydrogen-bond donors (Lipinski definition) is 3. The van der Waals surface area contributed by atoms with Gasteiger partial charge in [-0.15, -0.1) is 11.3 Å². The van der Waals surface area contributed by atoms with Crippen LogP contribution in [0.1, 0.15) is 42.1 Å². The Morgan fingerprint density at radius 3 is 2.65 bits per heavy atom. The molecule has 0 saturated carbocycles. The Kier molecular flexibility index (Phi) is 4.19. The van der Waals surface area contributed by atoms with Gasteiger partial charge in [0.1, 0.15) is 0 Å². The van der Waals surface area contributed by atoms with Crippen LogP contribution in [-0.2, 0) is 4.79 Å². The lowest BCUT2D eigenvalue weighted by atomic mass is 10.1. The predicted molar refractivity (Wildman–Crippen MR) is 79.3 cm³/mol. The van der Waals surface area contributed by atoms with Gasteiger partial charge in [-0.1, -0.05) is 13.8 Å². The first-order valence-corrected chi connectivity index (χ1v) is 7.01. The van der Waals surface area contributed by atoms with Gasteiger partial charge in [0.05, 0.1) is 9.88 Å². The standard InChI is InChI=1S/C13H16N4O2S/c1-7(2)9-6-11(17-16-9)15-13(19)10-4-5-12(20-10)14-8(3)18/h4-7H,1-3H3,(H,14,18)(H2,15,16,17,19). The van der Waals surface area contributed by atoms with E-state index in [1.807, 2.05) is 19.9 Å². The minimum atomic E-state index is -0.242. The van der Waals surface area contributed by atoms with Crippen LogP contribution in [0.3, 0.4) is 0 Å². The van der Waals surface area contributed by atoms with E-state index in [2.05, 4.69) is 20.8 Å². The van der Waals surface area contributed by atoms with Gasteiger partial charge in [-0.3, -0.25) is 14.7 Å². The van der Waals surface area contributed by atoms with Crippen LogP contribution in [0, 0.1) is 0 Å². The molecule has 2 heterocycles. The molecule has 0 bridgehead atoms. The number of H-pyrrole nitrogens is 1. The van der Waals surface area contributed by atoms with E-state index in [9.17, 15) is 9.59 Å². The minimum absolute atomic E-state index is 0.160. The average molecular weight is 292 g/mol. The SMILES string of the molecule is CC(=O)Nc1ccc(C(=O)Nc2cc(C(C)C)[nH]n2)s1. The molecule has 20 heavy (non-hydrogen) atoms. The highest BCUT2D eigenvalue weighted by atomic mass is 32.1. The lowest BCUT2D eigenvalue weighted by molar-refractivity contribution is -0.114. The number of carbonyl (C=O) groups excluding carboxylic acids is 2. The molecule has 0 aliphatic rings. The van der Waals surface area contributed by atoms with Gasteiger partial charge in [0.15, 0.2) is 5.82 Å². The van der Waals surface area contributed by atoms with Crippen molar-refractivity contribution in [1.29, 1.82) is 0 Å². The number of aromatic amines is 1. The number of rotatable bonds is 4. The van der Waals surface area contributed by atoms with Crippen LogP contribution in [0.25, 0.3) is 0 Å². The molecule has 0 unspecified atom stereocenters. The van der Waals surface area contributed by atoms with Crippen molar-refractivity contribution in [2.24, 2.45) is 0 Å². The maximum Gasteiger partial charge on any atom is 0.267 e. The normalized spacial score (nSPS) is 10.6. The largest absolute Gasteiger partial charge is 0.318 e. The Balaban J connectivity index is 2.03. The van der Waals surface area contributed by atoms with Gasteiger partial charge in [0.2, 0.25) is 5.91 Å². The van der Waals surface area contributed by atoms with Crippen molar-refractivity contribution in [1.82, 2.24) is 10.2 Å². The third-order valence-corrected chi connectivity index (χ3v) is 3.59.